The topological polar surface area (TPSA) is 73.6 Å². The van der Waals surface area contributed by atoms with E-state index in [1.165, 1.54) is 29.3 Å². The molecule has 1 N–H and O–H groups in total. The molecule has 0 aliphatic carbocycles. The zero-order valence-corrected chi connectivity index (χ0v) is 21.3. The van der Waals surface area contributed by atoms with Crippen molar-refractivity contribution in [3.63, 3.8) is 0 Å². The zero-order chi connectivity index (χ0) is 24.2. The van der Waals surface area contributed by atoms with Gasteiger partial charge in [0.15, 0.2) is 11.5 Å². The Labute approximate surface area is 209 Å². The predicted molar refractivity (Wildman–Crippen MR) is 144 cm³/mol. The smallest absolute Gasteiger partial charge is 0.275 e. The first-order chi connectivity index (χ1) is 16.4. The lowest BCUT2D eigenvalue weighted by Gasteiger charge is -2.16. The predicted octanol–water partition coefficient (Wildman–Crippen LogP) is 5.24. The highest BCUT2D eigenvalue weighted by molar-refractivity contribution is 8.14. The van der Waals surface area contributed by atoms with Crippen LogP contribution >= 0.6 is 33.4 Å². The van der Waals surface area contributed by atoms with Gasteiger partial charge in [-0.05, 0) is 41.6 Å². The summed E-state index contributed by atoms with van der Waals surface area (Å²) < 4.78 is 13.3. The van der Waals surface area contributed by atoms with Gasteiger partial charge in [0.2, 0.25) is 0 Å². The lowest BCUT2D eigenvalue weighted by atomic mass is 10.2. The van der Waals surface area contributed by atoms with Crippen LogP contribution in [0.1, 0.15) is 6.92 Å². The van der Waals surface area contributed by atoms with Crippen LogP contribution < -0.4 is 15.0 Å². The van der Waals surface area contributed by atoms with Gasteiger partial charge >= 0.3 is 0 Å². The van der Waals surface area contributed by atoms with E-state index in [0.717, 1.165) is 16.2 Å². The summed E-state index contributed by atoms with van der Waals surface area (Å²) in [5.74, 6) is 6.51. The molecule has 2 heterocycles. The molecule has 4 aromatic rings. The fourth-order valence-electron chi connectivity index (χ4n) is 3.40. The van der Waals surface area contributed by atoms with Gasteiger partial charge in [-0.25, -0.2) is 4.98 Å². The third-order valence-corrected chi connectivity index (χ3v) is 8.35. The van der Waals surface area contributed by atoms with E-state index in [2.05, 4.69) is 10.9 Å². The molecule has 0 bridgehead atoms. The van der Waals surface area contributed by atoms with Crippen molar-refractivity contribution in [2.75, 3.05) is 25.2 Å². The van der Waals surface area contributed by atoms with Gasteiger partial charge in [0.1, 0.15) is 17.6 Å². The number of thiophene rings is 1. The number of methoxy groups -OCH3 is 1. The summed E-state index contributed by atoms with van der Waals surface area (Å²) in [6.45, 7) is 2.19. The summed E-state index contributed by atoms with van der Waals surface area (Å²) in [7, 11) is 1.45. The molecule has 178 valence electrons. The fraction of sp³-hybridized carbons (Fsp3) is 0.240. The van der Waals surface area contributed by atoms with Crippen molar-refractivity contribution >= 4 is 49.5 Å². The number of benzene rings is 2. The van der Waals surface area contributed by atoms with Crippen molar-refractivity contribution in [3.05, 3.63) is 70.2 Å². The Morgan fingerprint density at radius 2 is 1.97 bits per heavy atom. The molecule has 6 nitrogen and oxygen atoms in total. The fourth-order valence-corrected chi connectivity index (χ4v) is 5.45. The standard InChI is InChI=1S/C25H25ClN2O4S2/c1-4-34(3)14-19(29)13-32-21-10-9-18(11-22(21)31-2)28-15-27-20-12-23(33-24(20)25(28)30)16-5-7-17(26)8-6-16/h5-12,15,19,29H,3-4,13-14H2,1-2H3. The van der Waals surface area contributed by atoms with E-state index in [1.54, 1.807) is 18.2 Å². The van der Waals surface area contributed by atoms with Crippen LogP contribution in [0.2, 0.25) is 5.02 Å². The van der Waals surface area contributed by atoms with Crippen LogP contribution in [0.25, 0.3) is 26.3 Å². The van der Waals surface area contributed by atoms with Crippen LogP contribution in [0.4, 0.5) is 0 Å². The molecule has 0 amide bonds. The molecule has 2 aromatic heterocycles. The number of fused-ring (bicyclic) bond motifs is 1. The van der Waals surface area contributed by atoms with Gasteiger partial charge in [-0.1, -0.05) is 36.5 Å². The van der Waals surface area contributed by atoms with Crippen LogP contribution in [0.5, 0.6) is 11.5 Å². The molecule has 0 saturated carbocycles. The summed E-state index contributed by atoms with van der Waals surface area (Å²) in [6, 6.07) is 14.6. The Bertz CT molecular complexity index is 1380. The van der Waals surface area contributed by atoms with Crippen LogP contribution in [-0.2, 0) is 0 Å². The molecule has 0 saturated heterocycles. The molecular weight excluding hydrogens is 492 g/mol. The minimum atomic E-state index is -0.604. The van der Waals surface area contributed by atoms with Crippen LogP contribution in [0.3, 0.4) is 0 Å². The summed E-state index contributed by atoms with van der Waals surface area (Å²) in [5.41, 5.74) is 2.07. The first-order valence-electron chi connectivity index (χ1n) is 10.6. The molecule has 34 heavy (non-hydrogen) atoms. The molecule has 2 unspecified atom stereocenters. The summed E-state index contributed by atoms with van der Waals surface area (Å²) in [6.07, 6.45) is 0.912. The zero-order valence-electron chi connectivity index (χ0n) is 18.9. The number of nitrogens with zero attached hydrogens (tertiary/aromatic N) is 2. The van der Waals surface area contributed by atoms with Crippen LogP contribution in [0.15, 0.2) is 59.7 Å². The van der Waals surface area contributed by atoms with E-state index < -0.39 is 6.10 Å². The quantitative estimate of drug-likeness (QED) is 0.308. The van der Waals surface area contributed by atoms with Crippen molar-refractivity contribution in [1.82, 2.24) is 9.55 Å². The number of hydrogen-bond acceptors (Lipinski definition) is 6. The number of hydrogen-bond donors (Lipinski definition) is 1. The largest absolute Gasteiger partial charge is 0.493 e. The van der Waals surface area contributed by atoms with Crippen LogP contribution in [-0.4, -0.2) is 51.9 Å². The highest BCUT2D eigenvalue weighted by Gasteiger charge is 2.14. The molecule has 9 heteroatoms. The lowest BCUT2D eigenvalue weighted by molar-refractivity contribution is 0.124. The third kappa shape index (κ3) is 5.36. The Kier molecular flexibility index (Phi) is 7.73. The van der Waals surface area contributed by atoms with Gasteiger partial charge < -0.3 is 14.6 Å². The number of rotatable bonds is 9. The molecule has 0 spiro atoms. The van der Waals surface area contributed by atoms with Gasteiger partial charge in [0.05, 0.1) is 24.4 Å². The number of ether oxygens (including phenoxy) is 2. The highest BCUT2D eigenvalue weighted by atomic mass is 35.5. The molecule has 2 aromatic carbocycles. The number of aliphatic hydroxyl groups excluding tert-OH is 1. The van der Waals surface area contributed by atoms with E-state index in [0.29, 0.717) is 38.2 Å². The van der Waals surface area contributed by atoms with Crippen molar-refractivity contribution in [3.8, 4) is 27.6 Å². The molecule has 4 rings (SSSR count). The average Bonchev–Trinajstić information content (AvgIpc) is 3.28. The minimum Gasteiger partial charge on any atom is -0.493 e. The average molecular weight is 517 g/mol. The van der Waals surface area contributed by atoms with E-state index in [-0.39, 0.29) is 22.7 Å². The molecule has 0 aliphatic rings. The third-order valence-electron chi connectivity index (χ3n) is 5.26. The lowest BCUT2D eigenvalue weighted by Crippen LogP contribution is -2.21. The monoisotopic (exact) mass is 516 g/mol. The summed E-state index contributed by atoms with van der Waals surface area (Å²) in [4.78, 5) is 18.7. The van der Waals surface area contributed by atoms with Gasteiger partial charge in [0, 0.05) is 21.7 Å². The van der Waals surface area contributed by atoms with Crippen molar-refractivity contribution in [2.24, 2.45) is 0 Å². The second-order valence-electron chi connectivity index (χ2n) is 7.62. The van der Waals surface area contributed by atoms with Gasteiger partial charge in [-0.15, -0.1) is 11.3 Å². The van der Waals surface area contributed by atoms with Crippen molar-refractivity contribution in [2.45, 2.75) is 13.0 Å². The van der Waals surface area contributed by atoms with Crippen molar-refractivity contribution < 1.29 is 14.6 Å². The number of aromatic nitrogens is 2. The van der Waals surface area contributed by atoms with Crippen LogP contribution in [0, 0.1) is 0 Å². The minimum absolute atomic E-state index is 0.0880. The van der Waals surface area contributed by atoms with E-state index >= 15 is 0 Å². The Hall–Kier alpha value is -2.65. The summed E-state index contributed by atoms with van der Waals surface area (Å²) in [5, 5.41) is 10.8. The highest BCUT2D eigenvalue weighted by Crippen LogP contribution is 2.33. The molecule has 0 radical (unpaired) electrons. The number of aliphatic hydroxyl groups is 1. The first kappa shape index (κ1) is 24.5. The maximum Gasteiger partial charge on any atom is 0.275 e. The van der Waals surface area contributed by atoms with E-state index in [1.807, 2.05) is 37.3 Å². The van der Waals surface area contributed by atoms with Gasteiger partial charge in [-0.3, -0.25) is 9.36 Å². The molecule has 2 atom stereocenters. The molecule has 0 aliphatic heterocycles. The Morgan fingerprint density at radius 3 is 2.68 bits per heavy atom. The summed E-state index contributed by atoms with van der Waals surface area (Å²) >= 11 is 7.39. The number of halogens is 1. The van der Waals surface area contributed by atoms with E-state index in [4.69, 9.17) is 21.1 Å². The molecule has 0 fully saturated rings. The Balaban J connectivity index is 1.61. The molecular formula is C25H25ClN2O4S2. The van der Waals surface area contributed by atoms with Gasteiger partial charge in [-0.2, -0.15) is 10.5 Å². The SMILES string of the molecule is C=S(CC)CC(O)COc1ccc(-n2cnc3cc(-c4ccc(Cl)cc4)sc3c2=O)cc1OC. The van der Waals surface area contributed by atoms with E-state index in [9.17, 15) is 9.90 Å². The second kappa shape index (κ2) is 10.7. The normalized spacial score (nSPS) is 13.1. The maximum atomic E-state index is 13.3. The Morgan fingerprint density at radius 1 is 1.21 bits per heavy atom. The first-order valence-corrected chi connectivity index (χ1v) is 13.6. The van der Waals surface area contributed by atoms with Crippen molar-refractivity contribution in [1.29, 1.82) is 0 Å². The van der Waals surface area contributed by atoms with Gasteiger partial charge in [0.25, 0.3) is 5.56 Å². The maximum absolute atomic E-state index is 13.3. The second-order valence-corrected chi connectivity index (χ2v) is 11.2.